The molecule has 1 aliphatic carbocycles. The Morgan fingerprint density at radius 3 is 2.40 bits per heavy atom. The smallest absolute Gasteiger partial charge is 0.356 e. The summed E-state index contributed by atoms with van der Waals surface area (Å²) in [6.45, 7) is 0.755. The first-order valence-electron chi connectivity index (χ1n) is 13.7. The van der Waals surface area contributed by atoms with Crippen LogP contribution in [0.25, 0.3) is 32.6 Å². The first kappa shape index (κ1) is 28.5. The first-order chi connectivity index (χ1) is 20.2. The molecule has 6 nitrogen and oxygen atoms in total. The van der Waals surface area contributed by atoms with Gasteiger partial charge in [-0.25, -0.2) is 15.0 Å². The van der Waals surface area contributed by atoms with Crippen LogP contribution in [0, 0.1) is 0 Å². The van der Waals surface area contributed by atoms with E-state index in [1.54, 1.807) is 18.3 Å². The highest BCUT2D eigenvalue weighted by atomic mass is 35.5. The average molecular weight is 609 g/mol. The number of aromatic nitrogens is 4. The van der Waals surface area contributed by atoms with Crippen molar-refractivity contribution in [3.05, 3.63) is 88.9 Å². The molecule has 0 saturated heterocycles. The number of benzene rings is 1. The summed E-state index contributed by atoms with van der Waals surface area (Å²) in [7, 11) is 1.97. The van der Waals surface area contributed by atoms with Crippen LogP contribution in [-0.4, -0.2) is 45.2 Å². The van der Waals surface area contributed by atoms with E-state index in [4.69, 9.17) is 11.6 Å². The van der Waals surface area contributed by atoms with Gasteiger partial charge in [-0.15, -0.1) is 11.3 Å². The van der Waals surface area contributed by atoms with Gasteiger partial charge in [-0.3, -0.25) is 4.98 Å². The molecule has 0 aliphatic heterocycles. The Balaban J connectivity index is 1.04. The van der Waals surface area contributed by atoms with Crippen LogP contribution >= 0.6 is 22.9 Å². The second kappa shape index (κ2) is 11.9. The number of alkyl halides is 3. The molecule has 1 aliphatic rings. The summed E-state index contributed by atoms with van der Waals surface area (Å²) in [5, 5.41) is 4.82. The predicted octanol–water partition coefficient (Wildman–Crippen LogP) is 7.72. The van der Waals surface area contributed by atoms with Crippen LogP contribution in [0.2, 0.25) is 5.15 Å². The van der Waals surface area contributed by atoms with Crippen molar-refractivity contribution in [2.75, 3.05) is 11.9 Å². The Labute approximate surface area is 250 Å². The molecule has 4 heterocycles. The van der Waals surface area contributed by atoms with Gasteiger partial charge in [-0.1, -0.05) is 41.9 Å². The Hall–Kier alpha value is -3.60. The zero-order chi connectivity index (χ0) is 29.3. The molecule has 42 heavy (non-hydrogen) atoms. The van der Waals surface area contributed by atoms with Crippen molar-refractivity contribution in [1.82, 2.24) is 25.3 Å². The van der Waals surface area contributed by atoms with E-state index in [1.807, 2.05) is 25.4 Å². The van der Waals surface area contributed by atoms with Crippen molar-refractivity contribution in [3.8, 4) is 22.4 Å². The zero-order valence-corrected chi connectivity index (χ0v) is 24.3. The van der Waals surface area contributed by atoms with E-state index < -0.39 is 12.6 Å². The van der Waals surface area contributed by atoms with Crippen molar-refractivity contribution >= 4 is 39.0 Å². The number of fused-ring (bicyclic) bond motifs is 1. The van der Waals surface area contributed by atoms with E-state index in [0.717, 1.165) is 59.5 Å². The largest absolute Gasteiger partial charge is 0.393 e. The Bertz CT molecular complexity index is 1660. The third kappa shape index (κ3) is 6.56. The third-order valence-electron chi connectivity index (χ3n) is 7.69. The normalized spacial score (nSPS) is 17.2. The molecule has 2 atom stereocenters. The molecular formula is C31H28ClF3N6S. The lowest BCUT2D eigenvalue weighted by atomic mass is 10.0. The van der Waals surface area contributed by atoms with Crippen molar-refractivity contribution in [2.45, 2.75) is 50.5 Å². The second-order valence-corrected chi connectivity index (χ2v) is 12.1. The quantitative estimate of drug-likeness (QED) is 0.182. The summed E-state index contributed by atoms with van der Waals surface area (Å²) >= 11 is 6.97. The van der Waals surface area contributed by atoms with Gasteiger partial charge in [0, 0.05) is 54.1 Å². The van der Waals surface area contributed by atoms with Crippen LogP contribution < -0.4 is 10.2 Å². The van der Waals surface area contributed by atoms with Crippen LogP contribution in [0.4, 0.5) is 19.0 Å². The first-order valence-corrected chi connectivity index (χ1v) is 14.8. The predicted molar refractivity (Wildman–Crippen MR) is 162 cm³/mol. The van der Waals surface area contributed by atoms with E-state index in [0.29, 0.717) is 27.2 Å². The molecule has 4 aromatic heterocycles. The number of nitrogens with zero attached hydrogens (tertiary/aromatic N) is 5. The molecule has 0 amide bonds. The minimum atomic E-state index is -4.25. The van der Waals surface area contributed by atoms with Crippen LogP contribution in [-0.2, 0) is 13.0 Å². The van der Waals surface area contributed by atoms with Gasteiger partial charge in [0.2, 0.25) is 0 Å². The molecule has 0 radical (unpaired) electrons. The topological polar surface area (TPSA) is 66.8 Å². The SMILES string of the molecule is CN(c1ncnc2sc(CC(F)(F)F)cc12)[C@@H]1CC[C@H](NCc2ccc(-c3ccc(-c4ccc(Cl)nc4)nc3)cc2)C1. The maximum Gasteiger partial charge on any atom is 0.393 e. The summed E-state index contributed by atoms with van der Waals surface area (Å²) in [6.07, 6.45) is 2.76. The molecule has 1 aromatic carbocycles. The van der Waals surface area contributed by atoms with Gasteiger partial charge >= 0.3 is 6.18 Å². The maximum atomic E-state index is 12.9. The Kier molecular flexibility index (Phi) is 8.11. The van der Waals surface area contributed by atoms with E-state index in [-0.39, 0.29) is 10.9 Å². The maximum absolute atomic E-state index is 12.9. The highest BCUT2D eigenvalue weighted by Crippen LogP contribution is 2.36. The van der Waals surface area contributed by atoms with Gasteiger partial charge in [0.1, 0.15) is 22.1 Å². The number of halogens is 4. The average Bonchev–Trinajstić information content (AvgIpc) is 3.62. The van der Waals surface area contributed by atoms with Gasteiger partial charge in [0.25, 0.3) is 0 Å². The number of thiophene rings is 1. The number of hydrogen-bond donors (Lipinski definition) is 1. The molecule has 1 fully saturated rings. The van der Waals surface area contributed by atoms with Crippen LogP contribution in [0.15, 0.2) is 73.3 Å². The number of rotatable bonds is 8. The van der Waals surface area contributed by atoms with Crippen LogP contribution in [0.1, 0.15) is 29.7 Å². The van der Waals surface area contributed by atoms with E-state index in [2.05, 4.69) is 60.5 Å². The zero-order valence-electron chi connectivity index (χ0n) is 22.8. The van der Waals surface area contributed by atoms with Gasteiger partial charge < -0.3 is 10.2 Å². The molecule has 5 aromatic rings. The highest BCUT2D eigenvalue weighted by Gasteiger charge is 2.31. The van der Waals surface area contributed by atoms with Crippen molar-refractivity contribution in [1.29, 1.82) is 0 Å². The van der Waals surface area contributed by atoms with Crippen LogP contribution in [0.5, 0.6) is 0 Å². The third-order valence-corrected chi connectivity index (χ3v) is 8.96. The van der Waals surface area contributed by atoms with Gasteiger partial charge in [0.15, 0.2) is 0 Å². The number of pyridine rings is 2. The fourth-order valence-electron chi connectivity index (χ4n) is 5.47. The highest BCUT2D eigenvalue weighted by molar-refractivity contribution is 7.18. The number of nitrogens with one attached hydrogen (secondary N) is 1. The lowest BCUT2D eigenvalue weighted by Gasteiger charge is -2.26. The van der Waals surface area contributed by atoms with Gasteiger partial charge in [0.05, 0.1) is 17.5 Å². The molecule has 216 valence electrons. The lowest BCUT2D eigenvalue weighted by Crippen LogP contribution is -2.33. The molecule has 1 N–H and O–H groups in total. The minimum absolute atomic E-state index is 0.244. The van der Waals surface area contributed by atoms with Crippen molar-refractivity contribution in [2.24, 2.45) is 0 Å². The standard InChI is InChI=1S/C31H28ClF3N6S/c1-41(29-26-13-25(14-31(33,34)35)42-30(26)40-18-39-29)24-9-8-23(12-24)36-15-19-2-4-20(5-3-19)21-6-10-27(37-16-21)22-7-11-28(32)38-17-22/h2-7,10-11,13,16-18,23-24,36H,8-9,12,14-15H2,1H3/t23-,24+/m0/s1. The molecular weight excluding hydrogens is 581 g/mol. The molecule has 0 bridgehead atoms. The monoisotopic (exact) mass is 608 g/mol. The summed E-state index contributed by atoms with van der Waals surface area (Å²) < 4.78 is 38.8. The molecule has 11 heteroatoms. The fourth-order valence-corrected chi connectivity index (χ4v) is 6.60. The minimum Gasteiger partial charge on any atom is -0.356 e. The summed E-state index contributed by atoms with van der Waals surface area (Å²) in [4.78, 5) is 20.3. The summed E-state index contributed by atoms with van der Waals surface area (Å²) in [6, 6.07) is 18.3. The van der Waals surface area contributed by atoms with Crippen LogP contribution in [0.3, 0.4) is 0 Å². The molecule has 6 rings (SSSR count). The van der Waals surface area contributed by atoms with Gasteiger partial charge in [-0.2, -0.15) is 13.2 Å². The van der Waals surface area contributed by atoms with E-state index in [9.17, 15) is 13.2 Å². The summed E-state index contributed by atoms with van der Waals surface area (Å²) in [5.41, 5.74) is 5.09. The summed E-state index contributed by atoms with van der Waals surface area (Å²) in [5.74, 6) is 0.693. The van der Waals surface area contributed by atoms with E-state index >= 15 is 0 Å². The molecule has 0 unspecified atom stereocenters. The number of hydrogen-bond acceptors (Lipinski definition) is 7. The van der Waals surface area contributed by atoms with Crippen molar-refractivity contribution in [3.63, 3.8) is 0 Å². The van der Waals surface area contributed by atoms with Crippen molar-refractivity contribution < 1.29 is 13.2 Å². The molecule has 1 saturated carbocycles. The van der Waals surface area contributed by atoms with Gasteiger partial charge in [-0.05, 0) is 54.7 Å². The Morgan fingerprint density at radius 1 is 0.929 bits per heavy atom. The number of anilines is 1. The Morgan fingerprint density at radius 2 is 1.69 bits per heavy atom. The second-order valence-electron chi connectivity index (χ2n) is 10.6. The molecule has 0 spiro atoms. The lowest BCUT2D eigenvalue weighted by molar-refractivity contribution is -0.126. The fraction of sp³-hybridized carbons (Fsp3) is 0.290. The van der Waals surface area contributed by atoms with E-state index in [1.165, 1.54) is 11.9 Å².